The van der Waals surface area contributed by atoms with Crippen LogP contribution in [-0.2, 0) is 6.18 Å². The SMILES string of the molecule is Cc1cc(C)c(C(=O)Nc2ccc(C(F)(F)F)cc2)cc1C. The van der Waals surface area contributed by atoms with Gasteiger partial charge in [-0.05, 0) is 67.8 Å². The van der Waals surface area contributed by atoms with E-state index in [9.17, 15) is 18.0 Å². The summed E-state index contributed by atoms with van der Waals surface area (Å²) in [6.07, 6.45) is -4.38. The average Bonchev–Trinajstić information content (AvgIpc) is 2.42. The standard InChI is InChI=1S/C17H16F3NO/c1-10-8-12(3)15(9-11(10)2)16(22)21-14-6-4-13(5-7-14)17(18,19)20/h4-9H,1-3H3,(H,21,22). The lowest BCUT2D eigenvalue weighted by molar-refractivity contribution is -0.137. The lowest BCUT2D eigenvalue weighted by Crippen LogP contribution is -2.14. The highest BCUT2D eigenvalue weighted by Gasteiger charge is 2.30. The van der Waals surface area contributed by atoms with Gasteiger partial charge >= 0.3 is 6.18 Å². The van der Waals surface area contributed by atoms with Gasteiger partial charge in [0, 0.05) is 11.3 Å². The molecule has 0 aliphatic heterocycles. The minimum atomic E-state index is -4.38. The number of benzene rings is 2. The fourth-order valence-electron chi connectivity index (χ4n) is 2.15. The van der Waals surface area contributed by atoms with Crippen LogP contribution in [0.3, 0.4) is 0 Å². The van der Waals surface area contributed by atoms with Gasteiger partial charge in [-0.15, -0.1) is 0 Å². The summed E-state index contributed by atoms with van der Waals surface area (Å²) in [6.45, 7) is 5.69. The minimum absolute atomic E-state index is 0.329. The molecule has 2 aromatic rings. The molecule has 0 fully saturated rings. The number of carbonyl (C=O) groups is 1. The van der Waals surface area contributed by atoms with E-state index in [4.69, 9.17) is 0 Å². The number of halogens is 3. The third kappa shape index (κ3) is 3.47. The second-order valence-electron chi connectivity index (χ2n) is 5.28. The van der Waals surface area contributed by atoms with Crippen LogP contribution in [0.15, 0.2) is 36.4 Å². The van der Waals surface area contributed by atoms with Crippen molar-refractivity contribution in [2.75, 3.05) is 5.32 Å². The topological polar surface area (TPSA) is 29.1 Å². The predicted octanol–water partition coefficient (Wildman–Crippen LogP) is 4.88. The van der Waals surface area contributed by atoms with Crippen LogP contribution in [0, 0.1) is 20.8 Å². The van der Waals surface area contributed by atoms with E-state index in [0.717, 1.165) is 28.8 Å². The Kier molecular flexibility index (Phi) is 4.26. The van der Waals surface area contributed by atoms with Crippen molar-refractivity contribution in [1.82, 2.24) is 0 Å². The van der Waals surface area contributed by atoms with Crippen LogP contribution in [0.2, 0.25) is 0 Å². The maximum Gasteiger partial charge on any atom is 0.416 e. The van der Waals surface area contributed by atoms with Crippen molar-refractivity contribution in [1.29, 1.82) is 0 Å². The summed E-state index contributed by atoms with van der Waals surface area (Å²) in [6, 6.07) is 8.08. The van der Waals surface area contributed by atoms with E-state index in [1.165, 1.54) is 12.1 Å². The second-order valence-corrected chi connectivity index (χ2v) is 5.28. The average molecular weight is 307 g/mol. The number of amides is 1. The molecular formula is C17H16F3NO. The molecular weight excluding hydrogens is 291 g/mol. The molecule has 0 spiro atoms. The molecule has 0 bridgehead atoms. The van der Waals surface area contributed by atoms with Gasteiger partial charge < -0.3 is 5.32 Å². The first kappa shape index (κ1) is 16.1. The Labute approximate surface area is 127 Å². The molecule has 22 heavy (non-hydrogen) atoms. The summed E-state index contributed by atoms with van der Waals surface area (Å²) >= 11 is 0. The Morgan fingerprint density at radius 2 is 1.45 bits per heavy atom. The maximum absolute atomic E-state index is 12.5. The molecule has 116 valence electrons. The van der Waals surface area contributed by atoms with Gasteiger partial charge in [0.25, 0.3) is 5.91 Å². The Balaban J connectivity index is 2.21. The lowest BCUT2D eigenvalue weighted by Gasteiger charge is -2.11. The van der Waals surface area contributed by atoms with Crippen molar-refractivity contribution in [3.8, 4) is 0 Å². The molecule has 5 heteroatoms. The number of aryl methyl sites for hydroxylation is 3. The van der Waals surface area contributed by atoms with Crippen LogP contribution in [0.4, 0.5) is 18.9 Å². The minimum Gasteiger partial charge on any atom is -0.322 e. The van der Waals surface area contributed by atoms with E-state index >= 15 is 0 Å². The van der Waals surface area contributed by atoms with Crippen LogP contribution >= 0.6 is 0 Å². The van der Waals surface area contributed by atoms with Crippen molar-refractivity contribution in [3.05, 3.63) is 64.2 Å². The Bertz CT molecular complexity index is 703. The zero-order chi connectivity index (χ0) is 16.5. The van der Waals surface area contributed by atoms with Crippen LogP contribution in [0.5, 0.6) is 0 Å². The number of hydrogen-bond donors (Lipinski definition) is 1. The van der Waals surface area contributed by atoms with Crippen LogP contribution in [-0.4, -0.2) is 5.91 Å². The molecule has 0 saturated carbocycles. The molecule has 0 aliphatic rings. The van der Waals surface area contributed by atoms with Gasteiger partial charge in [-0.3, -0.25) is 4.79 Å². The van der Waals surface area contributed by atoms with Gasteiger partial charge in [0.15, 0.2) is 0 Å². The molecule has 0 aromatic heterocycles. The molecule has 1 amide bonds. The van der Waals surface area contributed by atoms with Gasteiger partial charge in [-0.25, -0.2) is 0 Å². The van der Waals surface area contributed by atoms with E-state index in [2.05, 4.69) is 5.32 Å². The first-order valence-electron chi connectivity index (χ1n) is 6.75. The summed E-state index contributed by atoms with van der Waals surface area (Å²) in [5.41, 5.74) is 3.01. The molecule has 0 aliphatic carbocycles. The largest absolute Gasteiger partial charge is 0.416 e. The molecule has 0 radical (unpaired) electrons. The molecule has 2 rings (SSSR count). The van der Waals surface area contributed by atoms with E-state index in [1.54, 1.807) is 6.07 Å². The first-order chi connectivity index (χ1) is 10.2. The van der Waals surface area contributed by atoms with E-state index in [-0.39, 0.29) is 5.91 Å². The Hall–Kier alpha value is -2.30. The third-order valence-corrected chi connectivity index (χ3v) is 3.56. The smallest absolute Gasteiger partial charge is 0.322 e. The number of alkyl halides is 3. The highest BCUT2D eigenvalue weighted by atomic mass is 19.4. The summed E-state index contributed by atoms with van der Waals surface area (Å²) in [4.78, 5) is 12.2. The monoisotopic (exact) mass is 307 g/mol. The van der Waals surface area contributed by atoms with Crippen LogP contribution in [0.1, 0.15) is 32.6 Å². The molecule has 0 atom stereocenters. The molecule has 2 aromatic carbocycles. The van der Waals surface area contributed by atoms with Crippen LogP contribution in [0.25, 0.3) is 0 Å². The second kappa shape index (κ2) is 5.83. The van der Waals surface area contributed by atoms with Crippen molar-refractivity contribution in [2.45, 2.75) is 26.9 Å². The van der Waals surface area contributed by atoms with Gasteiger partial charge in [0.2, 0.25) is 0 Å². The van der Waals surface area contributed by atoms with Crippen molar-refractivity contribution >= 4 is 11.6 Å². The zero-order valence-electron chi connectivity index (χ0n) is 12.5. The molecule has 0 heterocycles. The molecule has 0 saturated heterocycles. The van der Waals surface area contributed by atoms with Crippen molar-refractivity contribution in [2.24, 2.45) is 0 Å². The van der Waals surface area contributed by atoms with E-state index < -0.39 is 11.7 Å². The zero-order valence-corrected chi connectivity index (χ0v) is 12.5. The summed E-state index contributed by atoms with van der Waals surface area (Å²) in [5, 5.41) is 2.62. The molecule has 2 nitrogen and oxygen atoms in total. The summed E-state index contributed by atoms with van der Waals surface area (Å²) < 4.78 is 37.5. The quantitative estimate of drug-likeness (QED) is 0.841. The predicted molar refractivity (Wildman–Crippen MR) is 80.1 cm³/mol. The van der Waals surface area contributed by atoms with E-state index in [1.807, 2.05) is 26.8 Å². The number of nitrogens with one attached hydrogen (secondary N) is 1. The van der Waals surface area contributed by atoms with Gasteiger partial charge in [0.1, 0.15) is 0 Å². The lowest BCUT2D eigenvalue weighted by atomic mass is 10.0. The fourth-order valence-corrected chi connectivity index (χ4v) is 2.15. The van der Waals surface area contributed by atoms with Crippen LogP contribution < -0.4 is 5.32 Å². The highest BCUT2D eigenvalue weighted by molar-refractivity contribution is 6.05. The summed E-state index contributed by atoms with van der Waals surface area (Å²) in [7, 11) is 0. The van der Waals surface area contributed by atoms with E-state index in [0.29, 0.717) is 11.3 Å². The number of carbonyl (C=O) groups excluding carboxylic acids is 1. The Morgan fingerprint density at radius 1 is 0.909 bits per heavy atom. The number of rotatable bonds is 2. The van der Waals surface area contributed by atoms with Crippen molar-refractivity contribution in [3.63, 3.8) is 0 Å². The normalized spacial score (nSPS) is 11.4. The maximum atomic E-state index is 12.5. The van der Waals surface area contributed by atoms with Crippen molar-refractivity contribution < 1.29 is 18.0 Å². The fraction of sp³-hybridized carbons (Fsp3) is 0.235. The highest BCUT2D eigenvalue weighted by Crippen LogP contribution is 2.30. The molecule has 0 unspecified atom stereocenters. The Morgan fingerprint density at radius 3 is 2.00 bits per heavy atom. The van der Waals surface area contributed by atoms with Gasteiger partial charge in [-0.1, -0.05) is 6.07 Å². The van der Waals surface area contributed by atoms with Gasteiger partial charge in [-0.2, -0.15) is 13.2 Å². The molecule has 1 N–H and O–H groups in total. The summed E-state index contributed by atoms with van der Waals surface area (Å²) in [5.74, 6) is -0.333. The number of anilines is 1. The van der Waals surface area contributed by atoms with Gasteiger partial charge in [0.05, 0.1) is 5.56 Å². The third-order valence-electron chi connectivity index (χ3n) is 3.56. The first-order valence-corrected chi connectivity index (χ1v) is 6.75. The number of hydrogen-bond acceptors (Lipinski definition) is 1.